The van der Waals surface area contributed by atoms with Gasteiger partial charge in [0.15, 0.2) is 0 Å². The van der Waals surface area contributed by atoms with Gasteiger partial charge in [0.2, 0.25) is 0 Å². The van der Waals surface area contributed by atoms with E-state index >= 15 is 4.57 Å². The largest absolute Gasteiger partial charge is 0.294 e. The van der Waals surface area contributed by atoms with E-state index in [1.165, 1.54) is 0 Å². The van der Waals surface area contributed by atoms with Crippen LogP contribution in [-0.4, -0.2) is 23.4 Å². The van der Waals surface area contributed by atoms with Crippen molar-refractivity contribution in [2.24, 2.45) is 0 Å². The lowest BCUT2D eigenvalue weighted by Crippen LogP contribution is -2.27. The van der Waals surface area contributed by atoms with Crippen LogP contribution in [0.5, 0.6) is 0 Å². The van der Waals surface area contributed by atoms with Gasteiger partial charge in [0.25, 0.3) is 7.29 Å². The van der Waals surface area contributed by atoms with Gasteiger partial charge in [0.1, 0.15) is 22.5 Å². The minimum absolute atomic E-state index is 0.454. The highest BCUT2D eigenvalue weighted by molar-refractivity contribution is 7.77. The Balaban J connectivity index is 1.23. The SMILES string of the molecule is O=P(c1cccc(-n2c3ccccc3c3ccccc32)n1)(c1cccc(-n2c3ccccc3c3ccccc32)n1)n1c2ccccc2c2ccccc21. The van der Waals surface area contributed by atoms with Crippen molar-refractivity contribution in [3.63, 3.8) is 0 Å². The van der Waals surface area contributed by atoms with Crippen molar-refractivity contribution >= 4 is 83.6 Å². The third kappa shape index (κ3) is 4.24. The number of para-hydroxylation sites is 6. The zero-order valence-electron chi connectivity index (χ0n) is 28.4. The maximum Gasteiger partial charge on any atom is 0.269 e. The Bertz CT molecular complexity index is 2980. The van der Waals surface area contributed by atoms with Crippen molar-refractivity contribution in [1.29, 1.82) is 0 Å². The molecule has 11 aromatic rings. The molecule has 0 saturated heterocycles. The molecule has 0 aliphatic heterocycles. The van der Waals surface area contributed by atoms with E-state index in [0.29, 0.717) is 22.5 Å². The Kier molecular flexibility index (Phi) is 6.42. The summed E-state index contributed by atoms with van der Waals surface area (Å²) in [6.07, 6.45) is 0. The molecule has 0 radical (unpaired) electrons. The third-order valence-corrected chi connectivity index (χ3v) is 13.2. The fourth-order valence-corrected chi connectivity index (χ4v) is 10.9. The van der Waals surface area contributed by atoms with Gasteiger partial charge in [0.05, 0.1) is 33.1 Å². The van der Waals surface area contributed by atoms with Crippen LogP contribution in [0.3, 0.4) is 0 Å². The Labute approximate surface area is 304 Å². The molecule has 0 saturated carbocycles. The van der Waals surface area contributed by atoms with Crippen LogP contribution >= 0.6 is 7.29 Å². The van der Waals surface area contributed by atoms with Crippen LogP contribution in [0, 0.1) is 0 Å². The molecule has 7 heteroatoms. The fourth-order valence-electron chi connectivity index (χ4n) is 8.28. The molecule has 0 unspecified atom stereocenters. The molecule has 0 aliphatic rings. The topological polar surface area (TPSA) is 57.6 Å². The standard InChI is InChI=1S/C46H30N5OP/c52-53(51-41-25-11-5-19-35(41)36-20-6-12-26-42(36)51,45-29-13-27-43(47-45)49-37-21-7-1-15-31(37)32-16-2-8-22-38(32)49)46-30-14-28-44(48-46)50-39-23-9-3-17-33(39)34-18-4-10-24-40(34)50/h1-30H. The summed E-state index contributed by atoms with van der Waals surface area (Å²) in [6.45, 7) is 0. The number of fused-ring (bicyclic) bond motifs is 9. The monoisotopic (exact) mass is 699 g/mol. The Morgan fingerprint density at radius 2 is 0.604 bits per heavy atom. The van der Waals surface area contributed by atoms with Crippen LogP contribution in [0.4, 0.5) is 0 Å². The number of aromatic nitrogens is 5. The molecular weight excluding hydrogens is 670 g/mol. The fraction of sp³-hybridized carbons (Fsp3) is 0. The molecule has 0 aliphatic carbocycles. The molecule has 0 N–H and O–H groups in total. The number of hydrogen-bond acceptors (Lipinski definition) is 3. The Hall–Kier alpha value is -6.75. The van der Waals surface area contributed by atoms with Gasteiger partial charge in [-0.3, -0.25) is 18.0 Å². The molecule has 0 spiro atoms. The maximum absolute atomic E-state index is 16.8. The summed E-state index contributed by atoms with van der Waals surface area (Å²) in [4.78, 5) is 10.7. The van der Waals surface area contributed by atoms with E-state index in [-0.39, 0.29) is 0 Å². The van der Waals surface area contributed by atoms with Gasteiger partial charge in [-0.15, -0.1) is 0 Å². The third-order valence-electron chi connectivity index (χ3n) is 10.5. The average Bonchev–Trinajstić information content (AvgIpc) is 3.87. The predicted octanol–water partition coefficient (Wildman–Crippen LogP) is 10.6. The van der Waals surface area contributed by atoms with Crippen molar-refractivity contribution in [3.8, 4) is 11.6 Å². The molecule has 0 bridgehead atoms. The molecule has 250 valence electrons. The first-order chi connectivity index (χ1) is 26.2. The first-order valence-corrected chi connectivity index (χ1v) is 19.4. The van der Waals surface area contributed by atoms with Crippen molar-refractivity contribution in [2.45, 2.75) is 0 Å². The van der Waals surface area contributed by atoms with Crippen LogP contribution in [0.15, 0.2) is 182 Å². The maximum atomic E-state index is 16.8. The quantitative estimate of drug-likeness (QED) is 0.168. The number of nitrogens with zero attached hydrogens (tertiary/aromatic N) is 5. The summed E-state index contributed by atoms with van der Waals surface area (Å²) in [5.74, 6) is 1.39. The predicted molar refractivity (Wildman–Crippen MR) is 219 cm³/mol. The molecule has 11 rings (SSSR count). The summed E-state index contributed by atoms with van der Waals surface area (Å²) in [5, 5.41) is 6.62. The molecule has 0 amide bonds. The van der Waals surface area contributed by atoms with Gasteiger partial charge >= 0.3 is 0 Å². The van der Waals surface area contributed by atoms with Crippen LogP contribution < -0.4 is 10.9 Å². The van der Waals surface area contributed by atoms with Crippen LogP contribution in [0.25, 0.3) is 77.1 Å². The van der Waals surface area contributed by atoms with Crippen molar-refractivity contribution in [3.05, 3.63) is 182 Å². The van der Waals surface area contributed by atoms with Gasteiger partial charge in [-0.05, 0) is 60.7 Å². The summed E-state index contributed by atoms with van der Waals surface area (Å²) in [5.41, 5.74) is 6.79. The van der Waals surface area contributed by atoms with Crippen LogP contribution in [0.2, 0.25) is 0 Å². The van der Waals surface area contributed by atoms with Crippen molar-refractivity contribution in [2.75, 3.05) is 0 Å². The molecule has 5 heterocycles. The number of rotatable bonds is 5. The second-order valence-corrected chi connectivity index (χ2v) is 15.8. The number of pyridine rings is 2. The minimum atomic E-state index is -3.85. The molecule has 0 fully saturated rings. The molecule has 5 aromatic heterocycles. The minimum Gasteiger partial charge on any atom is -0.294 e. The van der Waals surface area contributed by atoms with Crippen LogP contribution in [-0.2, 0) is 4.57 Å². The van der Waals surface area contributed by atoms with Gasteiger partial charge in [-0.1, -0.05) is 121 Å². The van der Waals surface area contributed by atoms with E-state index < -0.39 is 7.29 Å². The first-order valence-electron chi connectivity index (χ1n) is 17.7. The molecule has 6 nitrogen and oxygen atoms in total. The summed E-state index contributed by atoms with van der Waals surface area (Å²) in [6, 6.07) is 61.6. The second kappa shape index (κ2) is 11.4. The van der Waals surface area contributed by atoms with Crippen molar-refractivity contribution in [1.82, 2.24) is 23.4 Å². The molecular formula is C46H30N5OP. The van der Waals surface area contributed by atoms with E-state index in [2.05, 4.69) is 130 Å². The zero-order chi connectivity index (χ0) is 35.1. The van der Waals surface area contributed by atoms with Gasteiger partial charge in [-0.25, -0.2) is 9.97 Å². The van der Waals surface area contributed by atoms with E-state index in [1.54, 1.807) is 0 Å². The van der Waals surface area contributed by atoms with E-state index in [0.717, 1.165) is 65.4 Å². The van der Waals surface area contributed by atoms with Gasteiger partial charge in [0, 0.05) is 32.3 Å². The lowest BCUT2D eigenvalue weighted by Gasteiger charge is -2.23. The van der Waals surface area contributed by atoms with Crippen molar-refractivity contribution < 1.29 is 4.57 Å². The normalized spacial score (nSPS) is 12.2. The second-order valence-electron chi connectivity index (χ2n) is 13.4. The molecule has 0 atom stereocenters. The smallest absolute Gasteiger partial charge is 0.269 e. The highest BCUT2D eigenvalue weighted by Crippen LogP contribution is 2.50. The highest BCUT2D eigenvalue weighted by atomic mass is 31.2. The summed E-state index contributed by atoms with van der Waals surface area (Å²) >= 11 is 0. The zero-order valence-corrected chi connectivity index (χ0v) is 29.3. The van der Waals surface area contributed by atoms with E-state index in [4.69, 9.17) is 9.97 Å². The number of benzene rings is 6. The molecule has 6 aromatic carbocycles. The average molecular weight is 700 g/mol. The van der Waals surface area contributed by atoms with Gasteiger partial charge in [-0.2, -0.15) is 0 Å². The van der Waals surface area contributed by atoms with Crippen LogP contribution in [0.1, 0.15) is 0 Å². The van der Waals surface area contributed by atoms with Gasteiger partial charge < -0.3 is 0 Å². The summed E-state index contributed by atoms with van der Waals surface area (Å²) in [7, 11) is -3.85. The summed E-state index contributed by atoms with van der Waals surface area (Å²) < 4.78 is 23.2. The Morgan fingerprint density at radius 3 is 0.943 bits per heavy atom. The van der Waals surface area contributed by atoms with E-state index in [9.17, 15) is 0 Å². The first kappa shape index (κ1) is 29.9. The van der Waals surface area contributed by atoms with E-state index in [1.807, 2.05) is 65.0 Å². The lowest BCUT2D eigenvalue weighted by molar-refractivity contribution is 0.582. The molecule has 53 heavy (non-hydrogen) atoms. The highest BCUT2D eigenvalue weighted by Gasteiger charge is 2.37. The lowest BCUT2D eigenvalue weighted by atomic mass is 10.2. The number of hydrogen-bond donors (Lipinski definition) is 0. The Morgan fingerprint density at radius 1 is 0.321 bits per heavy atom.